The number of nitrogens with zero attached hydrogens (tertiary/aromatic N) is 2. The van der Waals surface area contributed by atoms with Gasteiger partial charge in [0.2, 0.25) is 5.91 Å². The normalized spacial score (nSPS) is 24.6. The number of carbonyl (C=O) groups excluding carboxylic acids is 2. The number of benzene rings is 1. The molecule has 0 saturated carbocycles. The summed E-state index contributed by atoms with van der Waals surface area (Å²) in [6.07, 6.45) is 3.12. The molecule has 2 aliphatic heterocycles. The second kappa shape index (κ2) is 5.99. The molecule has 0 unspecified atom stereocenters. The van der Waals surface area contributed by atoms with Crippen LogP contribution in [0.2, 0.25) is 0 Å². The van der Waals surface area contributed by atoms with E-state index in [2.05, 4.69) is 5.32 Å². The van der Waals surface area contributed by atoms with E-state index >= 15 is 0 Å². The maximum absolute atomic E-state index is 12.4. The van der Waals surface area contributed by atoms with E-state index in [0.717, 1.165) is 51.1 Å². The summed E-state index contributed by atoms with van der Waals surface area (Å²) in [5.41, 5.74) is 0.917. The lowest BCUT2D eigenvalue weighted by atomic mass is 9.79. The molecule has 118 valence electrons. The molecule has 1 aromatic carbocycles. The molecule has 3 rings (SSSR count). The molecule has 3 amide bonds. The van der Waals surface area contributed by atoms with Crippen molar-refractivity contribution >= 4 is 17.6 Å². The minimum absolute atomic E-state index is 0.0389. The first-order chi connectivity index (χ1) is 10.6. The van der Waals surface area contributed by atoms with Crippen molar-refractivity contribution in [1.82, 2.24) is 9.80 Å². The molecule has 2 saturated heterocycles. The molecule has 1 spiro atoms. The largest absolute Gasteiger partial charge is 0.342 e. The Morgan fingerprint density at radius 1 is 1.05 bits per heavy atom. The summed E-state index contributed by atoms with van der Waals surface area (Å²) >= 11 is 0. The molecule has 1 aromatic rings. The number of likely N-dealkylation sites (tertiary alicyclic amines) is 2. The highest BCUT2D eigenvalue weighted by Gasteiger charge is 2.43. The molecular weight excluding hydrogens is 278 g/mol. The number of rotatable bonds is 1. The molecule has 0 bridgehead atoms. The van der Waals surface area contributed by atoms with Gasteiger partial charge in [-0.2, -0.15) is 0 Å². The number of amides is 3. The number of urea groups is 1. The van der Waals surface area contributed by atoms with E-state index < -0.39 is 0 Å². The van der Waals surface area contributed by atoms with Crippen LogP contribution in [0, 0.1) is 5.41 Å². The number of nitrogens with one attached hydrogen (secondary N) is 1. The van der Waals surface area contributed by atoms with Gasteiger partial charge in [0.25, 0.3) is 0 Å². The van der Waals surface area contributed by atoms with Crippen LogP contribution in [0.15, 0.2) is 30.3 Å². The van der Waals surface area contributed by atoms with Crippen LogP contribution in [0.1, 0.15) is 26.2 Å². The maximum atomic E-state index is 12.4. The minimum Gasteiger partial charge on any atom is -0.342 e. The average Bonchev–Trinajstić information content (AvgIpc) is 2.92. The molecule has 2 aliphatic rings. The molecule has 2 heterocycles. The Labute approximate surface area is 131 Å². The van der Waals surface area contributed by atoms with Crippen LogP contribution < -0.4 is 5.32 Å². The SMILES string of the molecule is CC(=O)N1CCC[C@@]2(CCN(C(=O)Nc3ccccc3)C2)C1. The Bertz CT molecular complexity index is 560. The zero-order valence-electron chi connectivity index (χ0n) is 13.0. The molecule has 0 aromatic heterocycles. The van der Waals surface area contributed by atoms with Gasteiger partial charge in [-0.05, 0) is 31.4 Å². The van der Waals surface area contributed by atoms with Crippen molar-refractivity contribution in [3.8, 4) is 0 Å². The first kappa shape index (κ1) is 14.9. The summed E-state index contributed by atoms with van der Waals surface area (Å²) in [5, 5.41) is 2.95. The van der Waals surface area contributed by atoms with Gasteiger partial charge in [-0.25, -0.2) is 4.79 Å². The van der Waals surface area contributed by atoms with E-state index in [0.29, 0.717) is 0 Å². The van der Waals surface area contributed by atoms with Crippen molar-refractivity contribution < 1.29 is 9.59 Å². The second-order valence-electron chi connectivity index (χ2n) is 6.51. The lowest BCUT2D eigenvalue weighted by Gasteiger charge is -2.40. The predicted octanol–water partition coefficient (Wildman–Crippen LogP) is 2.55. The Kier molecular flexibility index (Phi) is 4.05. The van der Waals surface area contributed by atoms with Gasteiger partial charge < -0.3 is 15.1 Å². The van der Waals surface area contributed by atoms with Gasteiger partial charge in [-0.1, -0.05) is 18.2 Å². The number of anilines is 1. The van der Waals surface area contributed by atoms with Gasteiger partial charge in [0.15, 0.2) is 0 Å². The minimum atomic E-state index is -0.0389. The Morgan fingerprint density at radius 2 is 1.77 bits per heavy atom. The molecule has 1 atom stereocenters. The van der Waals surface area contributed by atoms with Crippen LogP contribution in [-0.4, -0.2) is 47.9 Å². The van der Waals surface area contributed by atoms with Crippen molar-refractivity contribution in [2.24, 2.45) is 5.41 Å². The Balaban J connectivity index is 1.62. The first-order valence-corrected chi connectivity index (χ1v) is 7.95. The lowest BCUT2D eigenvalue weighted by Crippen LogP contribution is -2.47. The number of piperidine rings is 1. The predicted molar refractivity (Wildman–Crippen MR) is 85.6 cm³/mol. The highest BCUT2D eigenvalue weighted by Crippen LogP contribution is 2.39. The van der Waals surface area contributed by atoms with E-state index in [4.69, 9.17) is 0 Å². The zero-order valence-corrected chi connectivity index (χ0v) is 13.0. The topological polar surface area (TPSA) is 52.7 Å². The fourth-order valence-electron chi connectivity index (χ4n) is 3.64. The van der Waals surface area contributed by atoms with Crippen LogP contribution in [0.4, 0.5) is 10.5 Å². The Hall–Kier alpha value is -2.04. The van der Waals surface area contributed by atoms with Crippen molar-refractivity contribution in [2.75, 3.05) is 31.5 Å². The molecule has 1 N–H and O–H groups in total. The maximum Gasteiger partial charge on any atom is 0.321 e. The van der Waals surface area contributed by atoms with Gasteiger partial charge in [0, 0.05) is 44.2 Å². The van der Waals surface area contributed by atoms with Crippen molar-refractivity contribution in [3.05, 3.63) is 30.3 Å². The van der Waals surface area contributed by atoms with E-state index in [9.17, 15) is 9.59 Å². The van der Waals surface area contributed by atoms with Crippen LogP contribution in [0.5, 0.6) is 0 Å². The van der Waals surface area contributed by atoms with Gasteiger partial charge in [-0.15, -0.1) is 0 Å². The fraction of sp³-hybridized carbons (Fsp3) is 0.529. The third-order valence-corrected chi connectivity index (χ3v) is 4.86. The van der Waals surface area contributed by atoms with Gasteiger partial charge in [-0.3, -0.25) is 4.79 Å². The number of carbonyl (C=O) groups is 2. The molecule has 0 aliphatic carbocycles. The number of para-hydroxylation sites is 1. The Morgan fingerprint density at radius 3 is 2.50 bits per heavy atom. The van der Waals surface area contributed by atoms with E-state index in [-0.39, 0.29) is 17.4 Å². The second-order valence-corrected chi connectivity index (χ2v) is 6.51. The van der Waals surface area contributed by atoms with Crippen molar-refractivity contribution in [2.45, 2.75) is 26.2 Å². The smallest absolute Gasteiger partial charge is 0.321 e. The van der Waals surface area contributed by atoms with Crippen LogP contribution >= 0.6 is 0 Å². The van der Waals surface area contributed by atoms with Gasteiger partial charge >= 0.3 is 6.03 Å². The summed E-state index contributed by atoms with van der Waals surface area (Å²) in [7, 11) is 0. The quantitative estimate of drug-likeness (QED) is 0.866. The lowest BCUT2D eigenvalue weighted by molar-refractivity contribution is -0.132. The third-order valence-electron chi connectivity index (χ3n) is 4.86. The average molecular weight is 301 g/mol. The monoisotopic (exact) mass is 301 g/mol. The van der Waals surface area contributed by atoms with E-state index in [1.807, 2.05) is 40.1 Å². The van der Waals surface area contributed by atoms with Crippen LogP contribution in [-0.2, 0) is 4.79 Å². The number of hydrogen-bond donors (Lipinski definition) is 1. The van der Waals surface area contributed by atoms with Gasteiger partial charge in [0.1, 0.15) is 0 Å². The summed E-state index contributed by atoms with van der Waals surface area (Å²) in [6, 6.07) is 9.49. The molecule has 0 radical (unpaired) electrons. The summed E-state index contributed by atoms with van der Waals surface area (Å²) in [5.74, 6) is 0.145. The fourth-order valence-corrected chi connectivity index (χ4v) is 3.64. The summed E-state index contributed by atoms with van der Waals surface area (Å²) < 4.78 is 0. The summed E-state index contributed by atoms with van der Waals surface area (Å²) in [6.45, 7) is 4.79. The van der Waals surface area contributed by atoms with Crippen molar-refractivity contribution in [3.63, 3.8) is 0 Å². The third kappa shape index (κ3) is 3.08. The highest BCUT2D eigenvalue weighted by molar-refractivity contribution is 5.89. The molecule has 5 nitrogen and oxygen atoms in total. The number of hydrogen-bond acceptors (Lipinski definition) is 2. The molecule has 22 heavy (non-hydrogen) atoms. The standard InChI is InChI=1S/C17H23N3O2/c1-14(21)19-10-5-8-17(12-19)9-11-20(13-17)16(22)18-15-6-3-2-4-7-15/h2-4,6-7H,5,8-13H2,1H3,(H,18,22)/t17-/m1/s1. The molecule has 2 fully saturated rings. The zero-order chi connectivity index (χ0) is 15.6. The molecule has 5 heteroatoms. The van der Waals surface area contributed by atoms with E-state index in [1.165, 1.54) is 0 Å². The van der Waals surface area contributed by atoms with Crippen LogP contribution in [0.3, 0.4) is 0 Å². The summed E-state index contributed by atoms with van der Waals surface area (Å²) in [4.78, 5) is 27.8. The first-order valence-electron chi connectivity index (χ1n) is 7.95. The van der Waals surface area contributed by atoms with Crippen LogP contribution in [0.25, 0.3) is 0 Å². The van der Waals surface area contributed by atoms with Gasteiger partial charge in [0.05, 0.1) is 0 Å². The van der Waals surface area contributed by atoms with Crippen molar-refractivity contribution in [1.29, 1.82) is 0 Å². The van der Waals surface area contributed by atoms with E-state index in [1.54, 1.807) is 6.92 Å². The highest BCUT2D eigenvalue weighted by atomic mass is 16.2. The molecular formula is C17H23N3O2.